The highest BCUT2D eigenvalue weighted by atomic mass is 16.5. The lowest BCUT2D eigenvalue weighted by molar-refractivity contribution is -0.146. The van der Waals surface area contributed by atoms with Crippen LogP contribution < -0.4 is 19.5 Å². The lowest BCUT2D eigenvalue weighted by Gasteiger charge is -2.18. The zero-order valence-electron chi connectivity index (χ0n) is 20.9. The number of Topliss-reactive ketones (excluding diaryl/α,β-unsaturated/α-hetero) is 1. The maximum atomic E-state index is 13.2. The van der Waals surface area contributed by atoms with Gasteiger partial charge in [0.15, 0.2) is 17.6 Å². The average molecular weight is 492 g/mol. The van der Waals surface area contributed by atoms with Crippen LogP contribution in [-0.4, -0.2) is 45.5 Å². The molecule has 3 rings (SSSR count). The molecular formula is C28H29NO7. The van der Waals surface area contributed by atoms with Gasteiger partial charge >= 0.3 is 5.97 Å². The maximum absolute atomic E-state index is 13.2. The number of carbonyl (C=O) groups is 3. The molecule has 0 saturated carbocycles. The lowest BCUT2D eigenvalue weighted by atomic mass is 9.98. The molecule has 36 heavy (non-hydrogen) atoms. The monoisotopic (exact) mass is 491 g/mol. The number of nitrogens with one attached hydrogen (secondary N) is 1. The van der Waals surface area contributed by atoms with E-state index in [9.17, 15) is 14.4 Å². The Labute approximate surface area is 210 Å². The van der Waals surface area contributed by atoms with Crippen LogP contribution in [0.5, 0.6) is 17.2 Å². The Bertz CT molecular complexity index is 1210. The van der Waals surface area contributed by atoms with Gasteiger partial charge in [0.25, 0.3) is 5.91 Å². The first-order valence-corrected chi connectivity index (χ1v) is 11.2. The van der Waals surface area contributed by atoms with Gasteiger partial charge in [0.2, 0.25) is 11.5 Å². The van der Waals surface area contributed by atoms with Crippen molar-refractivity contribution in [2.45, 2.75) is 20.0 Å². The second kappa shape index (κ2) is 11.9. The van der Waals surface area contributed by atoms with Crippen molar-refractivity contribution in [3.8, 4) is 17.2 Å². The standard InChI is InChI=1S/C28H29NO7/c1-17-6-10-19(11-7-17)25(31)26(20-12-8-18(2)9-13-20)36-24(30)16-29-28(32)21-14-22(33-3)27(35-5)23(15-21)34-4/h6-15,26H,16H2,1-5H3,(H,29,32). The summed E-state index contributed by atoms with van der Waals surface area (Å²) in [5.41, 5.74) is 3.16. The quantitative estimate of drug-likeness (QED) is 0.335. The number of aryl methyl sites for hydroxylation is 2. The number of hydrogen-bond acceptors (Lipinski definition) is 7. The summed E-state index contributed by atoms with van der Waals surface area (Å²) in [7, 11) is 4.33. The van der Waals surface area contributed by atoms with Crippen molar-refractivity contribution in [1.82, 2.24) is 5.32 Å². The molecule has 0 bridgehead atoms. The largest absolute Gasteiger partial charge is 0.493 e. The number of amides is 1. The first-order chi connectivity index (χ1) is 17.3. The number of rotatable bonds is 10. The van der Waals surface area contributed by atoms with E-state index in [1.54, 1.807) is 24.3 Å². The van der Waals surface area contributed by atoms with Crippen LogP contribution in [0.3, 0.4) is 0 Å². The summed E-state index contributed by atoms with van der Waals surface area (Å²) in [4.78, 5) is 38.7. The predicted molar refractivity (Wildman–Crippen MR) is 134 cm³/mol. The van der Waals surface area contributed by atoms with Gasteiger partial charge in [-0.15, -0.1) is 0 Å². The molecule has 0 saturated heterocycles. The number of benzene rings is 3. The topological polar surface area (TPSA) is 100 Å². The summed E-state index contributed by atoms with van der Waals surface area (Å²) in [6, 6.07) is 17.1. The van der Waals surface area contributed by atoms with Crippen LogP contribution in [0.2, 0.25) is 0 Å². The molecule has 0 heterocycles. The fraction of sp³-hybridized carbons (Fsp3) is 0.250. The molecule has 3 aromatic carbocycles. The highest BCUT2D eigenvalue weighted by molar-refractivity contribution is 6.01. The van der Waals surface area contributed by atoms with Crippen molar-refractivity contribution in [1.29, 1.82) is 0 Å². The fourth-order valence-corrected chi connectivity index (χ4v) is 3.52. The van der Waals surface area contributed by atoms with Crippen LogP contribution in [0.4, 0.5) is 0 Å². The number of methoxy groups -OCH3 is 3. The molecule has 1 N–H and O–H groups in total. The second-order valence-electron chi connectivity index (χ2n) is 8.11. The highest BCUT2D eigenvalue weighted by Gasteiger charge is 2.27. The molecule has 8 heteroatoms. The minimum absolute atomic E-state index is 0.197. The molecular weight excluding hydrogens is 462 g/mol. The van der Waals surface area contributed by atoms with Gasteiger partial charge in [-0.1, -0.05) is 59.7 Å². The van der Waals surface area contributed by atoms with Crippen LogP contribution in [0.1, 0.15) is 43.5 Å². The molecule has 8 nitrogen and oxygen atoms in total. The van der Waals surface area contributed by atoms with E-state index in [0.717, 1.165) is 11.1 Å². The summed E-state index contributed by atoms with van der Waals surface area (Å²) in [5.74, 6) is -0.736. The molecule has 0 aliphatic rings. The van der Waals surface area contributed by atoms with Crippen LogP contribution in [0.15, 0.2) is 60.7 Å². The minimum atomic E-state index is -1.15. The summed E-state index contributed by atoms with van der Waals surface area (Å²) in [6.07, 6.45) is -1.15. The number of esters is 1. The molecule has 1 amide bonds. The Kier molecular flexibility index (Phi) is 8.67. The summed E-state index contributed by atoms with van der Waals surface area (Å²) in [6.45, 7) is 3.40. The van der Waals surface area contributed by atoms with E-state index in [0.29, 0.717) is 28.4 Å². The summed E-state index contributed by atoms with van der Waals surface area (Å²) in [5, 5.41) is 2.51. The number of ether oxygens (including phenoxy) is 4. The third-order valence-corrected chi connectivity index (χ3v) is 5.52. The smallest absolute Gasteiger partial charge is 0.326 e. The van der Waals surface area contributed by atoms with Crippen molar-refractivity contribution in [3.63, 3.8) is 0 Å². The molecule has 1 unspecified atom stereocenters. The van der Waals surface area contributed by atoms with E-state index in [2.05, 4.69) is 5.32 Å². The van der Waals surface area contributed by atoms with Crippen molar-refractivity contribution in [3.05, 3.63) is 88.5 Å². The molecule has 188 valence electrons. The lowest BCUT2D eigenvalue weighted by Crippen LogP contribution is -2.32. The Morgan fingerprint density at radius 3 is 1.78 bits per heavy atom. The molecule has 0 aliphatic carbocycles. The van der Waals surface area contributed by atoms with Crippen LogP contribution in [-0.2, 0) is 9.53 Å². The van der Waals surface area contributed by atoms with Crippen molar-refractivity contribution in [2.75, 3.05) is 27.9 Å². The molecule has 0 aromatic heterocycles. The van der Waals surface area contributed by atoms with Crippen LogP contribution in [0, 0.1) is 13.8 Å². The normalized spacial score (nSPS) is 11.2. The highest BCUT2D eigenvalue weighted by Crippen LogP contribution is 2.38. The Hall–Kier alpha value is -4.33. The van der Waals surface area contributed by atoms with Crippen LogP contribution in [0.25, 0.3) is 0 Å². The fourth-order valence-electron chi connectivity index (χ4n) is 3.52. The van der Waals surface area contributed by atoms with E-state index in [1.807, 2.05) is 38.1 Å². The Balaban J connectivity index is 1.76. The van der Waals surface area contributed by atoms with Crippen LogP contribution >= 0.6 is 0 Å². The second-order valence-corrected chi connectivity index (χ2v) is 8.11. The van der Waals surface area contributed by atoms with Gasteiger partial charge in [-0.2, -0.15) is 0 Å². The van der Waals surface area contributed by atoms with Crippen molar-refractivity contribution >= 4 is 17.7 Å². The Morgan fingerprint density at radius 1 is 0.750 bits per heavy atom. The summed E-state index contributed by atoms with van der Waals surface area (Å²) >= 11 is 0. The zero-order valence-corrected chi connectivity index (χ0v) is 20.9. The number of carbonyl (C=O) groups excluding carboxylic acids is 3. The van der Waals surface area contributed by atoms with Crippen molar-refractivity contribution in [2.24, 2.45) is 0 Å². The van der Waals surface area contributed by atoms with Crippen molar-refractivity contribution < 1.29 is 33.3 Å². The number of hydrogen-bond donors (Lipinski definition) is 1. The van der Waals surface area contributed by atoms with Gasteiger partial charge in [0, 0.05) is 16.7 Å². The first kappa shape index (κ1) is 26.3. The van der Waals surface area contributed by atoms with Gasteiger partial charge in [0.05, 0.1) is 21.3 Å². The maximum Gasteiger partial charge on any atom is 0.326 e. The SMILES string of the molecule is COc1cc(C(=O)NCC(=O)OC(C(=O)c2ccc(C)cc2)c2ccc(C)cc2)cc(OC)c1OC. The van der Waals surface area contributed by atoms with E-state index >= 15 is 0 Å². The van der Waals surface area contributed by atoms with Gasteiger partial charge in [0.1, 0.15) is 6.54 Å². The average Bonchev–Trinajstić information content (AvgIpc) is 2.90. The van der Waals surface area contributed by atoms with E-state index in [4.69, 9.17) is 18.9 Å². The predicted octanol–water partition coefficient (Wildman–Crippen LogP) is 4.23. The zero-order chi connectivity index (χ0) is 26.2. The molecule has 0 fully saturated rings. The van der Waals surface area contributed by atoms with Gasteiger partial charge in [-0.3, -0.25) is 14.4 Å². The van der Waals surface area contributed by atoms with Gasteiger partial charge in [-0.05, 0) is 26.0 Å². The van der Waals surface area contributed by atoms with E-state index in [-0.39, 0.29) is 11.3 Å². The third kappa shape index (κ3) is 6.21. The third-order valence-electron chi connectivity index (χ3n) is 5.52. The minimum Gasteiger partial charge on any atom is -0.493 e. The van der Waals surface area contributed by atoms with E-state index in [1.165, 1.54) is 33.5 Å². The number of ketones is 1. The Morgan fingerprint density at radius 2 is 1.28 bits per heavy atom. The molecule has 0 spiro atoms. The first-order valence-electron chi connectivity index (χ1n) is 11.2. The van der Waals surface area contributed by atoms with E-state index < -0.39 is 24.5 Å². The van der Waals surface area contributed by atoms with Gasteiger partial charge < -0.3 is 24.3 Å². The summed E-state index contributed by atoms with van der Waals surface area (Å²) < 4.78 is 21.4. The van der Waals surface area contributed by atoms with Gasteiger partial charge in [-0.25, -0.2) is 0 Å². The molecule has 3 aromatic rings. The molecule has 1 atom stereocenters. The molecule has 0 aliphatic heterocycles. The molecule has 0 radical (unpaired) electrons.